The van der Waals surface area contributed by atoms with E-state index in [0.29, 0.717) is 27.3 Å². The highest BCUT2D eigenvalue weighted by molar-refractivity contribution is 7.23. The number of halogens is 2. The minimum atomic E-state index is -0.174. The summed E-state index contributed by atoms with van der Waals surface area (Å²) in [5, 5.41) is 4.29. The molecule has 0 saturated carbocycles. The highest BCUT2D eigenvalue weighted by Gasteiger charge is 2.12. The van der Waals surface area contributed by atoms with Crippen LogP contribution in [-0.2, 0) is 4.79 Å². The molecule has 0 unspecified atom stereocenters. The molecule has 3 aromatic rings. The number of benzene rings is 2. The topological polar surface area (TPSA) is 51.2 Å². The first-order chi connectivity index (χ1) is 11.1. The maximum Gasteiger partial charge on any atom is 0.229 e. The number of para-hydroxylation sites is 1. The van der Waals surface area contributed by atoms with Gasteiger partial charge >= 0.3 is 0 Å². The number of fused-ring (bicyclic) bond motifs is 1. The summed E-state index contributed by atoms with van der Waals surface area (Å²) in [4.78, 5) is 16.3. The predicted molar refractivity (Wildman–Crippen MR) is 94.8 cm³/mol. The fourth-order valence-corrected chi connectivity index (χ4v) is 3.40. The fourth-order valence-electron chi connectivity index (χ4n) is 1.96. The third kappa shape index (κ3) is 3.93. The van der Waals surface area contributed by atoms with Crippen LogP contribution in [0.2, 0.25) is 10.0 Å². The number of carbonyl (C=O) groups excluding carboxylic acids is 1. The summed E-state index contributed by atoms with van der Waals surface area (Å²) < 4.78 is 6.25. The van der Waals surface area contributed by atoms with Crippen LogP contribution in [0.3, 0.4) is 0 Å². The Bertz CT molecular complexity index is 798. The van der Waals surface area contributed by atoms with E-state index in [0.717, 1.165) is 10.4 Å². The van der Waals surface area contributed by atoms with Gasteiger partial charge in [0.15, 0.2) is 5.13 Å². The number of nitrogens with one attached hydrogen (secondary N) is 1. The molecule has 1 amide bonds. The molecule has 0 radical (unpaired) electrons. The Kier molecular flexibility index (Phi) is 5.00. The molecular formula is C16H12Cl2N2O2S. The normalized spacial score (nSPS) is 10.7. The first kappa shape index (κ1) is 16.1. The van der Waals surface area contributed by atoms with E-state index < -0.39 is 0 Å². The third-order valence-electron chi connectivity index (χ3n) is 3.03. The minimum absolute atomic E-state index is 0.174. The van der Waals surface area contributed by atoms with Crippen molar-refractivity contribution < 1.29 is 9.53 Å². The average Bonchev–Trinajstić information content (AvgIpc) is 2.97. The van der Waals surface area contributed by atoms with E-state index in [1.54, 1.807) is 12.1 Å². The minimum Gasteiger partial charge on any atom is -0.493 e. The Morgan fingerprint density at radius 3 is 2.61 bits per heavy atom. The van der Waals surface area contributed by atoms with Crippen LogP contribution in [0.15, 0.2) is 42.5 Å². The molecular weight excluding hydrogens is 355 g/mol. The summed E-state index contributed by atoms with van der Waals surface area (Å²) in [6.07, 6.45) is 0.228. The van der Waals surface area contributed by atoms with Crippen molar-refractivity contribution in [3.05, 3.63) is 52.5 Å². The Morgan fingerprint density at radius 1 is 1.13 bits per heavy atom. The number of anilines is 1. The molecule has 1 heterocycles. The number of hydrogen-bond acceptors (Lipinski definition) is 4. The predicted octanol–water partition coefficient (Wildman–Crippen LogP) is 5.01. The van der Waals surface area contributed by atoms with E-state index in [4.69, 9.17) is 27.9 Å². The standard InChI is InChI=1S/C16H12Cl2N2O2S/c17-11-6-7-12(18)15-14(11)20-16(23-15)19-13(21)8-9-22-10-4-2-1-3-5-10/h1-7H,8-9H2,(H,19,20,21). The summed E-state index contributed by atoms with van der Waals surface area (Å²) in [6, 6.07) is 12.7. The molecule has 3 rings (SSSR count). The Hall–Kier alpha value is -1.82. The van der Waals surface area contributed by atoms with Crippen LogP contribution >= 0.6 is 34.5 Å². The summed E-state index contributed by atoms with van der Waals surface area (Å²) in [5.41, 5.74) is 0.597. The van der Waals surface area contributed by atoms with Gasteiger partial charge in [-0.05, 0) is 24.3 Å². The molecule has 4 nitrogen and oxygen atoms in total. The molecule has 0 saturated heterocycles. The van der Waals surface area contributed by atoms with E-state index in [9.17, 15) is 4.79 Å². The smallest absolute Gasteiger partial charge is 0.229 e. The van der Waals surface area contributed by atoms with Crippen molar-refractivity contribution in [3.63, 3.8) is 0 Å². The van der Waals surface area contributed by atoms with Gasteiger partial charge in [0.05, 0.1) is 27.8 Å². The van der Waals surface area contributed by atoms with Gasteiger partial charge in [-0.25, -0.2) is 4.98 Å². The number of aromatic nitrogens is 1. The van der Waals surface area contributed by atoms with Crippen molar-refractivity contribution in [1.29, 1.82) is 0 Å². The monoisotopic (exact) mass is 366 g/mol. The van der Waals surface area contributed by atoms with E-state index >= 15 is 0 Å². The molecule has 1 aromatic heterocycles. The average molecular weight is 367 g/mol. The van der Waals surface area contributed by atoms with Gasteiger partial charge in [-0.3, -0.25) is 4.79 Å². The zero-order valence-corrected chi connectivity index (χ0v) is 14.2. The molecule has 118 valence electrons. The van der Waals surface area contributed by atoms with E-state index in [1.165, 1.54) is 11.3 Å². The number of hydrogen-bond donors (Lipinski definition) is 1. The van der Waals surface area contributed by atoms with Crippen LogP contribution in [0.1, 0.15) is 6.42 Å². The lowest BCUT2D eigenvalue weighted by Gasteiger charge is -2.05. The van der Waals surface area contributed by atoms with Gasteiger partial charge in [0.1, 0.15) is 11.3 Å². The Balaban J connectivity index is 1.60. The second-order valence-corrected chi connectivity index (χ2v) is 6.50. The number of amides is 1. The number of nitrogens with zero attached hydrogens (tertiary/aromatic N) is 1. The van der Waals surface area contributed by atoms with Crippen LogP contribution in [0.25, 0.3) is 10.2 Å². The lowest BCUT2D eigenvalue weighted by Crippen LogP contribution is -2.14. The molecule has 0 bridgehead atoms. The van der Waals surface area contributed by atoms with Crippen molar-refractivity contribution in [2.24, 2.45) is 0 Å². The van der Waals surface area contributed by atoms with Crippen molar-refractivity contribution in [2.45, 2.75) is 6.42 Å². The van der Waals surface area contributed by atoms with Gasteiger partial charge in [-0.15, -0.1) is 0 Å². The molecule has 0 fully saturated rings. The molecule has 0 aliphatic rings. The second-order valence-electron chi connectivity index (χ2n) is 4.69. The van der Waals surface area contributed by atoms with Crippen molar-refractivity contribution in [1.82, 2.24) is 4.98 Å². The van der Waals surface area contributed by atoms with E-state index in [2.05, 4.69) is 10.3 Å². The zero-order chi connectivity index (χ0) is 16.2. The third-order valence-corrected chi connectivity index (χ3v) is 4.77. The van der Waals surface area contributed by atoms with Gasteiger partial charge in [0, 0.05) is 0 Å². The van der Waals surface area contributed by atoms with Gasteiger partial charge in [-0.1, -0.05) is 52.7 Å². The fraction of sp³-hybridized carbons (Fsp3) is 0.125. The molecule has 0 spiro atoms. The Morgan fingerprint density at radius 2 is 1.87 bits per heavy atom. The molecule has 0 aliphatic carbocycles. The number of carbonyl (C=O) groups is 1. The van der Waals surface area contributed by atoms with Gasteiger partial charge in [0.25, 0.3) is 0 Å². The maximum absolute atomic E-state index is 12.0. The Labute approximate surface area is 147 Å². The highest BCUT2D eigenvalue weighted by atomic mass is 35.5. The summed E-state index contributed by atoms with van der Waals surface area (Å²) in [6.45, 7) is 0.294. The lowest BCUT2D eigenvalue weighted by molar-refractivity contribution is -0.116. The first-order valence-electron chi connectivity index (χ1n) is 6.86. The maximum atomic E-state index is 12.0. The van der Waals surface area contributed by atoms with Crippen LogP contribution in [0.4, 0.5) is 5.13 Å². The number of thiazole rings is 1. The van der Waals surface area contributed by atoms with Crippen molar-refractivity contribution in [2.75, 3.05) is 11.9 Å². The molecule has 7 heteroatoms. The number of rotatable bonds is 5. The van der Waals surface area contributed by atoms with Gasteiger partial charge in [-0.2, -0.15) is 0 Å². The van der Waals surface area contributed by atoms with Crippen molar-refractivity contribution in [3.8, 4) is 5.75 Å². The van der Waals surface area contributed by atoms with Crippen LogP contribution < -0.4 is 10.1 Å². The van der Waals surface area contributed by atoms with Crippen LogP contribution in [0.5, 0.6) is 5.75 Å². The summed E-state index contributed by atoms with van der Waals surface area (Å²) in [5.74, 6) is 0.561. The van der Waals surface area contributed by atoms with Crippen molar-refractivity contribution >= 4 is 55.8 Å². The highest BCUT2D eigenvalue weighted by Crippen LogP contribution is 2.35. The quantitative estimate of drug-likeness (QED) is 0.690. The van der Waals surface area contributed by atoms with E-state index in [-0.39, 0.29) is 12.3 Å². The first-order valence-corrected chi connectivity index (χ1v) is 8.43. The molecule has 2 aromatic carbocycles. The van der Waals surface area contributed by atoms with Gasteiger partial charge in [0.2, 0.25) is 5.91 Å². The van der Waals surface area contributed by atoms with Crippen LogP contribution in [0, 0.1) is 0 Å². The molecule has 0 aliphatic heterocycles. The lowest BCUT2D eigenvalue weighted by atomic mass is 10.3. The molecule has 23 heavy (non-hydrogen) atoms. The summed E-state index contributed by atoms with van der Waals surface area (Å²) >= 11 is 13.5. The molecule has 0 atom stereocenters. The van der Waals surface area contributed by atoms with E-state index in [1.807, 2.05) is 30.3 Å². The van der Waals surface area contributed by atoms with Crippen LogP contribution in [-0.4, -0.2) is 17.5 Å². The number of ether oxygens (including phenoxy) is 1. The zero-order valence-electron chi connectivity index (χ0n) is 11.9. The second kappa shape index (κ2) is 7.17. The SMILES string of the molecule is O=C(CCOc1ccccc1)Nc1nc2c(Cl)ccc(Cl)c2s1. The summed E-state index contributed by atoms with van der Waals surface area (Å²) in [7, 11) is 0. The van der Waals surface area contributed by atoms with Gasteiger partial charge < -0.3 is 10.1 Å². The largest absolute Gasteiger partial charge is 0.493 e. The molecule has 1 N–H and O–H groups in total.